The van der Waals surface area contributed by atoms with Crippen molar-refractivity contribution in [3.05, 3.63) is 40.7 Å². The summed E-state index contributed by atoms with van der Waals surface area (Å²) in [4.78, 5) is 15.1. The van der Waals surface area contributed by atoms with Gasteiger partial charge in [-0.25, -0.2) is 9.78 Å². The third kappa shape index (κ3) is 2.11. The summed E-state index contributed by atoms with van der Waals surface area (Å²) in [5.41, 5.74) is 2.08. The first-order chi connectivity index (χ1) is 8.54. The normalized spacial score (nSPS) is 10.6. The van der Waals surface area contributed by atoms with Gasteiger partial charge in [0.05, 0.1) is 0 Å². The minimum atomic E-state index is -1.08. The molecule has 1 aromatic carbocycles. The Morgan fingerprint density at radius 3 is 2.44 bits per heavy atom. The monoisotopic (exact) mass is 264 g/mol. The van der Waals surface area contributed by atoms with Crippen molar-refractivity contribution in [3.8, 4) is 11.4 Å². The van der Waals surface area contributed by atoms with E-state index in [2.05, 4.69) is 11.9 Å². The summed E-state index contributed by atoms with van der Waals surface area (Å²) < 4.78 is 1.49. The third-order valence-electron chi connectivity index (χ3n) is 2.88. The van der Waals surface area contributed by atoms with Crippen LogP contribution in [0, 0.1) is 0 Å². The zero-order valence-electron chi connectivity index (χ0n) is 10.1. The number of hydrogen-bond donors (Lipinski definition) is 1. The van der Waals surface area contributed by atoms with Gasteiger partial charge in [-0.2, -0.15) is 0 Å². The van der Waals surface area contributed by atoms with E-state index in [0.29, 0.717) is 5.82 Å². The van der Waals surface area contributed by atoms with Crippen LogP contribution in [-0.2, 0) is 13.5 Å². The van der Waals surface area contributed by atoms with E-state index in [1.807, 2.05) is 24.3 Å². The minimum absolute atomic E-state index is 0.00577. The van der Waals surface area contributed by atoms with E-state index >= 15 is 0 Å². The van der Waals surface area contributed by atoms with Gasteiger partial charge < -0.3 is 9.67 Å². The molecule has 18 heavy (non-hydrogen) atoms. The van der Waals surface area contributed by atoms with E-state index < -0.39 is 5.97 Å². The van der Waals surface area contributed by atoms with Crippen LogP contribution in [0.25, 0.3) is 11.4 Å². The molecule has 2 aromatic rings. The maximum atomic E-state index is 11.0. The first-order valence-corrected chi connectivity index (χ1v) is 5.97. The van der Waals surface area contributed by atoms with Gasteiger partial charge in [0.15, 0.2) is 10.8 Å². The van der Waals surface area contributed by atoms with Gasteiger partial charge in [-0.1, -0.05) is 42.8 Å². The maximum absolute atomic E-state index is 11.0. The second-order valence-electron chi connectivity index (χ2n) is 3.99. The zero-order chi connectivity index (χ0) is 13.3. The molecule has 0 saturated carbocycles. The Balaban J connectivity index is 2.50. The molecule has 0 unspecified atom stereocenters. The summed E-state index contributed by atoms with van der Waals surface area (Å²) >= 11 is 5.84. The summed E-state index contributed by atoms with van der Waals surface area (Å²) in [5.74, 6) is -0.522. The van der Waals surface area contributed by atoms with Crippen LogP contribution in [0.15, 0.2) is 24.3 Å². The number of aromatic nitrogens is 2. The van der Waals surface area contributed by atoms with E-state index in [4.69, 9.17) is 16.7 Å². The molecule has 1 heterocycles. The van der Waals surface area contributed by atoms with Crippen LogP contribution in [-0.4, -0.2) is 20.6 Å². The topological polar surface area (TPSA) is 55.1 Å². The molecular weight excluding hydrogens is 252 g/mol. The Kier molecular flexibility index (Phi) is 3.39. The largest absolute Gasteiger partial charge is 0.476 e. The van der Waals surface area contributed by atoms with Gasteiger partial charge in [0.25, 0.3) is 0 Å². The lowest BCUT2D eigenvalue weighted by Crippen LogP contribution is -2.05. The predicted molar refractivity (Wildman–Crippen MR) is 70.0 cm³/mol. The lowest BCUT2D eigenvalue weighted by molar-refractivity contribution is 0.0687. The standard InChI is InChI=1S/C13H13ClN2O2/c1-3-8-4-6-9(7-5-8)12-15-11(14)10(13(17)18)16(12)2/h4-7H,3H2,1-2H3,(H,17,18). The molecule has 0 aliphatic carbocycles. The summed E-state index contributed by atoms with van der Waals surface area (Å²) in [6.07, 6.45) is 0.960. The molecule has 94 valence electrons. The first-order valence-electron chi connectivity index (χ1n) is 5.59. The minimum Gasteiger partial charge on any atom is -0.476 e. The van der Waals surface area contributed by atoms with Crippen LogP contribution in [0.3, 0.4) is 0 Å². The van der Waals surface area contributed by atoms with Crippen molar-refractivity contribution in [1.29, 1.82) is 0 Å². The fourth-order valence-corrected chi connectivity index (χ4v) is 2.13. The molecule has 2 rings (SSSR count). The smallest absolute Gasteiger partial charge is 0.355 e. The predicted octanol–water partition coefficient (Wildman–Crippen LogP) is 3.00. The number of benzene rings is 1. The number of aryl methyl sites for hydroxylation is 1. The molecule has 0 atom stereocenters. The fraction of sp³-hybridized carbons (Fsp3) is 0.231. The molecular formula is C13H13ClN2O2. The number of hydrogen-bond acceptors (Lipinski definition) is 2. The highest BCUT2D eigenvalue weighted by atomic mass is 35.5. The Bertz CT molecular complexity index is 588. The van der Waals surface area contributed by atoms with Crippen molar-refractivity contribution >= 4 is 17.6 Å². The molecule has 0 saturated heterocycles. The summed E-state index contributed by atoms with van der Waals surface area (Å²) in [6, 6.07) is 7.84. The number of carboxylic acid groups (broad SMARTS) is 1. The van der Waals surface area contributed by atoms with Crippen LogP contribution in [0.2, 0.25) is 5.15 Å². The second kappa shape index (κ2) is 4.82. The van der Waals surface area contributed by atoms with Crippen LogP contribution < -0.4 is 0 Å². The highest BCUT2D eigenvalue weighted by Gasteiger charge is 2.19. The molecule has 1 N–H and O–H groups in total. The maximum Gasteiger partial charge on any atom is 0.355 e. The lowest BCUT2D eigenvalue weighted by atomic mass is 10.1. The van der Waals surface area contributed by atoms with Gasteiger partial charge in [0.2, 0.25) is 0 Å². The number of imidazole rings is 1. The van der Waals surface area contributed by atoms with Gasteiger partial charge in [0, 0.05) is 12.6 Å². The van der Waals surface area contributed by atoms with Crippen molar-refractivity contribution < 1.29 is 9.90 Å². The SMILES string of the molecule is CCc1ccc(-c2nc(Cl)c(C(=O)O)n2C)cc1. The first kappa shape index (κ1) is 12.6. The van der Waals surface area contributed by atoms with Gasteiger partial charge in [0.1, 0.15) is 5.82 Å². The van der Waals surface area contributed by atoms with Gasteiger partial charge in [-0.15, -0.1) is 0 Å². The number of carbonyl (C=O) groups is 1. The van der Waals surface area contributed by atoms with Crippen molar-refractivity contribution in [2.24, 2.45) is 7.05 Å². The average Bonchev–Trinajstić information content (AvgIpc) is 2.65. The Morgan fingerprint density at radius 1 is 1.39 bits per heavy atom. The van der Waals surface area contributed by atoms with Crippen LogP contribution >= 0.6 is 11.6 Å². The van der Waals surface area contributed by atoms with Crippen LogP contribution in [0.4, 0.5) is 0 Å². The van der Waals surface area contributed by atoms with Crippen molar-refractivity contribution in [2.45, 2.75) is 13.3 Å². The zero-order valence-corrected chi connectivity index (χ0v) is 10.9. The van der Waals surface area contributed by atoms with E-state index in [9.17, 15) is 4.79 Å². The molecule has 0 radical (unpaired) electrons. The number of carboxylic acids is 1. The number of rotatable bonds is 3. The van der Waals surface area contributed by atoms with E-state index in [1.54, 1.807) is 7.05 Å². The number of aromatic carboxylic acids is 1. The van der Waals surface area contributed by atoms with Crippen LogP contribution in [0.1, 0.15) is 23.0 Å². The number of nitrogens with zero attached hydrogens (tertiary/aromatic N) is 2. The second-order valence-corrected chi connectivity index (χ2v) is 4.35. The molecule has 4 nitrogen and oxygen atoms in total. The van der Waals surface area contributed by atoms with Crippen LogP contribution in [0.5, 0.6) is 0 Å². The van der Waals surface area contributed by atoms with Gasteiger partial charge in [-0.3, -0.25) is 0 Å². The molecule has 0 spiro atoms. The highest BCUT2D eigenvalue weighted by molar-refractivity contribution is 6.32. The summed E-state index contributed by atoms with van der Waals surface area (Å²) in [5, 5.41) is 9.06. The molecule has 0 bridgehead atoms. The van der Waals surface area contributed by atoms with Crippen molar-refractivity contribution in [3.63, 3.8) is 0 Å². The number of halogens is 1. The van der Waals surface area contributed by atoms with Crippen molar-refractivity contribution in [1.82, 2.24) is 9.55 Å². The van der Waals surface area contributed by atoms with E-state index in [0.717, 1.165) is 12.0 Å². The van der Waals surface area contributed by atoms with E-state index in [1.165, 1.54) is 10.1 Å². The quantitative estimate of drug-likeness (QED) is 0.927. The Labute approximate surface area is 110 Å². The molecule has 0 aliphatic rings. The Hall–Kier alpha value is -1.81. The highest BCUT2D eigenvalue weighted by Crippen LogP contribution is 2.24. The van der Waals surface area contributed by atoms with E-state index in [-0.39, 0.29) is 10.8 Å². The third-order valence-corrected chi connectivity index (χ3v) is 3.14. The molecule has 1 aromatic heterocycles. The van der Waals surface area contributed by atoms with Gasteiger partial charge >= 0.3 is 5.97 Å². The van der Waals surface area contributed by atoms with Crippen molar-refractivity contribution in [2.75, 3.05) is 0 Å². The fourth-order valence-electron chi connectivity index (χ4n) is 1.84. The van der Waals surface area contributed by atoms with Gasteiger partial charge in [-0.05, 0) is 12.0 Å². The molecule has 0 aliphatic heterocycles. The molecule has 0 amide bonds. The summed E-state index contributed by atoms with van der Waals surface area (Å²) in [6.45, 7) is 2.08. The average molecular weight is 265 g/mol. The molecule has 0 fully saturated rings. The molecule has 5 heteroatoms. The summed E-state index contributed by atoms with van der Waals surface area (Å²) in [7, 11) is 1.64. The Morgan fingerprint density at radius 2 is 2.00 bits per heavy atom. The lowest BCUT2D eigenvalue weighted by Gasteiger charge is -2.04.